The largest absolute Gasteiger partial charge is 0.395 e. The minimum absolute atomic E-state index is 0.0530. The molecule has 0 amide bonds. The summed E-state index contributed by atoms with van der Waals surface area (Å²) in [6.07, 6.45) is -2.42. The van der Waals surface area contributed by atoms with Crippen molar-refractivity contribution in [2.75, 3.05) is 0 Å². The predicted octanol–water partition coefficient (Wildman–Crippen LogP) is 4.07. The number of ketones is 2. The summed E-state index contributed by atoms with van der Waals surface area (Å²) in [5, 5.41) is 0. The van der Waals surface area contributed by atoms with Crippen LogP contribution in [0, 0.1) is 11.3 Å². The molecule has 1 fully saturated rings. The van der Waals surface area contributed by atoms with E-state index in [0.717, 1.165) is 19.3 Å². The number of hydrogen-bond acceptors (Lipinski definition) is 2. The van der Waals surface area contributed by atoms with Crippen molar-refractivity contribution in [1.29, 1.82) is 0 Å². The van der Waals surface area contributed by atoms with E-state index in [1.54, 1.807) is 13.8 Å². The van der Waals surface area contributed by atoms with Crippen LogP contribution in [0.25, 0.3) is 0 Å². The van der Waals surface area contributed by atoms with Gasteiger partial charge in [0.05, 0.1) is 0 Å². The summed E-state index contributed by atoms with van der Waals surface area (Å²) in [4.78, 5) is 23.9. The minimum Gasteiger partial charge on any atom is -0.299 e. The standard InChI is InChI=1S/C14H21F3O2/c1-10(2)12(19)13(6-4-3-5-7-13)8-11(18)9-14(15,16)17/h10H,3-9H2,1-2H3. The second kappa shape index (κ2) is 6.06. The third kappa shape index (κ3) is 4.62. The Kier molecular flexibility index (Phi) is 5.16. The average molecular weight is 278 g/mol. The molecule has 0 saturated heterocycles. The quantitative estimate of drug-likeness (QED) is 0.759. The van der Waals surface area contributed by atoms with Gasteiger partial charge in [-0.3, -0.25) is 9.59 Å². The van der Waals surface area contributed by atoms with Gasteiger partial charge in [0.1, 0.15) is 18.0 Å². The Labute approximate surface area is 111 Å². The first-order valence-corrected chi connectivity index (χ1v) is 6.79. The second-order valence-electron chi connectivity index (χ2n) is 5.87. The molecular formula is C14H21F3O2. The van der Waals surface area contributed by atoms with E-state index < -0.39 is 23.8 Å². The van der Waals surface area contributed by atoms with Crippen molar-refractivity contribution in [2.45, 2.75) is 65.0 Å². The maximum absolute atomic E-state index is 12.3. The van der Waals surface area contributed by atoms with E-state index >= 15 is 0 Å². The van der Waals surface area contributed by atoms with Gasteiger partial charge in [-0.1, -0.05) is 33.1 Å². The number of hydrogen-bond donors (Lipinski definition) is 0. The average Bonchev–Trinajstić information content (AvgIpc) is 2.26. The Morgan fingerprint density at radius 3 is 2.05 bits per heavy atom. The van der Waals surface area contributed by atoms with Gasteiger partial charge in [0.15, 0.2) is 0 Å². The molecule has 0 aromatic rings. The smallest absolute Gasteiger partial charge is 0.299 e. The molecule has 0 atom stereocenters. The molecule has 1 saturated carbocycles. The molecule has 0 radical (unpaired) electrons. The van der Waals surface area contributed by atoms with Crippen molar-refractivity contribution in [3.05, 3.63) is 0 Å². The maximum atomic E-state index is 12.3. The van der Waals surface area contributed by atoms with Gasteiger partial charge in [0.25, 0.3) is 0 Å². The van der Waals surface area contributed by atoms with Gasteiger partial charge in [0.2, 0.25) is 0 Å². The fourth-order valence-electron chi connectivity index (χ4n) is 3.01. The summed E-state index contributed by atoms with van der Waals surface area (Å²) >= 11 is 0. The van der Waals surface area contributed by atoms with E-state index in [1.165, 1.54) is 0 Å². The zero-order chi connectivity index (χ0) is 14.7. The lowest BCUT2D eigenvalue weighted by atomic mass is 9.65. The lowest BCUT2D eigenvalue weighted by molar-refractivity contribution is -0.156. The van der Waals surface area contributed by atoms with E-state index in [1.807, 2.05) is 0 Å². The van der Waals surface area contributed by atoms with Crippen molar-refractivity contribution in [2.24, 2.45) is 11.3 Å². The SMILES string of the molecule is CC(C)C(=O)C1(CC(=O)CC(F)(F)F)CCCCC1. The Morgan fingerprint density at radius 1 is 1.11 bits per heavy atom. The minimum atomic E-state index is -4.48. The summed E-state index contributed by atoms with van der Waals surface area (Å²) in [7, 11) is 0. The highest BCUT2D eigenvalue weighted by Gasteiger charge is 2.43. The van der Waals surface area contributed by atoms with Gasteiger partial charge in [-0.05, 0) is 12.8 Å². The monoisotopic (exact) mass is 278 g/mol. The zero-order valence-electron chi connectivity index (χ0n) is 11.5. The normalized spacial score (nSPS) is 19.5. The van der Waals surface area contributed by atoms with E-state index in [9.17, 15) is 22.8 Å². The fourth-order valence-corrected chi connectivity index (χ4v) is 3.01. The number of carbonyl (C=O) groups is 2. The lowest BCUT2D eigenvalue weighted by Gasteiger charge is -2.36. The van der Waals surface area contributed by atoms with Crippen LogP contribution in [0.1, 0.15) is 58.8 Å². The van der Waals surface area contributed by atoms with Crippen molar-refractivity contribution in [3.8, 4) is 0 Å². The van der Waals surface area contributed by atoms with E-state index in [2.05, 4.69) is 0 Å². The molecule has 1 rings (SSSR count). The van der Waals surface area contributed by atoms with Gasteiger partial charge in [-0.25, -0.2) is 0 Å². The molecule has 2 nitrogen and oxygen atoms in total. The molecule has 0 aromatic heterocycles. The Balaban J connectivity index is 2.81. The molecule has 0 aliphatic heterocycles. The van der Waals surface area contributed by atoms with E-state index in [-0.39, 0.29) is 18.1 Å². The molecule has 1 aliphatic rings. The van der Waals surface area contributed by atoms with Crippen molar-refractivity contribution >= 4 is 11.6 Å². The molecule has 110 valence electrons. The summed E-state index contributed by atoms with van der Waals surface area (Å²) in [5.41, 5.74) is -0.839. The van der Waals surface area contributed by atoms with Crippen LogP contribution in [0.4, 0.5) is 13.2 Å². The fraction of sp³-hybridized carbons (Fsp3) is 0.857. The van der Waals surface area contributed by atoms with Crippen LogP contribution in [-0.2, 0) is 9.59 Å². The molecule has 19 heavy (non-hydrogen) atoms. The van der Waals surface area contributed by atoms with E-state index in [4.69, 9.17) is 0 Å². The third-order valence-corrected chi connectivity index (χ3v) is 3.79. The van der Waals surface area contributed by atoms with Crippen LogP contribution < -0.4 is 0 Å². The third-order valence-electron chi connectivity index (χ3n) is 3.79. The molecule has 0 bridgehead atoms. The van der Waals surface area contributed by atoms with Crippen molar-refractivity contribution < 1.29 is 22.8 Å². The van der Waals surface area contributed by atoms with Gasteiger partial charge >= 0.3 is 6.18 Å². The second-order valence-corrected chi connectivity index (χ2v) is 5.87. The van der Waals surface area contributed by atoms with Gasteiger partial charge in [-0.2, -0.15) is 13.2 Å². The summed E-state index contributed by atoms with van der Waals surface area (Å²) in [5.74, 6) is -1.15. The number of carbonyl (C=O) groups excluding carboxylic acids is 2. The van der Waals surface area contributed by atoms with Crippen molar-refractivity contribution in [3.63, 3.8) is 0 Å². The van der Waals surface area contributed by atoms with Gasteiger partial charge in [0, 0.05) is 17.8 Å². The number of halogens is 3. The molecule has 0 N–H and O–H groups in total. The van der Waals surface area contributed by atoms with Crippen LogP contribution in [-0.4, -0.2) is 17.7 Å². The first-order chi connectivity index (χ1) is 8.66. The highest BCUT2D eigenvalue weighted by atomic mass is 19.4. The highest BCUT2D eigenvalue weighted by Crippen LogP contribution is 2.43. The Bertz CT molecular complexity index is 339. The summed E-state index contributed by atoms with van der Waals surface area (Å²) in [6, 6.07) is 0. The van der Waals surface area contributed by atoms with Crippen LogP contribution in [0.5, 0.6) is 0 Å². The molecular weight excluding hydrogens is 257 g/mol. The molecule has 0 spiro atoms. The molecule has 5 heteroatoms. The number of rotatable bonds is 5. The Morgan fingerprint density at radius 2 is 1.63 bits per heavy atom. The van der Waals surface area contributed by atoms with E-state index in [0.29, 0.717) is 12.8 Å². The summed E-state index contributed by atoms with van der Waals surface area (Å²) < 4.78 is 36.7. The maximum Gasteiger partial charge on any atom is 0.395 e. The summed E-state index contributed by atoms with van der Waals surface area (Å²) in [6.45, 7) is 3.49. The van der Waals surface area contributed by atoms with Crippen LogP contribution in [0.15, 0.2) is 0 Å². The number of alkyl halides is 3. The van der Waals surface area contributed by atoms with Crippen LogP contribution in [0.3, 0.4) is 0 Å². The zero-order valence-corrected chi connectivity index (χ0v) is 11.5. The van der Waals surface area contributed by atoms with Gasteiger partial charge < -0.3 is 0 Å². The van der Waals surface area contributed by atoms with Crippen LogP contribution >= 0.6 is 0 Å². The van der Waals surface area contributed by atoms with Crippen molar-refractivity contribution in [1.82, 2.24) is 0 Å². The Hall–Kier alpha value is -0.870. The lowest BCUT2D eigenvalue weighted by Crippen LogP contribution is -2.39. The first kappa shape index (κ1) is 16.2. The molecule has 1 aliphatic carbocycles. The van der Waals surface area contributed by atoms with Crippen LogP contribution in [0.2, 0.25) is 0 Å². The molecule has 0 unspecified atom stereocenters. The first-order valence-electron chi connectivity index (χ1n) is 6.79. The molecule has 0 aromatic carbocycles. The highest BCUT2D eigenvalue weighted by molar-refractivity contribution is 5.92. The predicted molar refractivity (Wildman–Crippen MR) is 65.7 cm³/mol. The molecule has 0 heterocycles. The topological polar surface area (TPSA) is 34.1 Å². The van der Waals surface area contributed by atoms with Gasteiger partial charge in [-0.15, -0.1) is 0 Å². The number of Topliss-reactive ketones (excluding diaryl/α,β-unsaturated/α-hetero) is 2.